The monoisotopic (exact) mass is 559 g/mol. The lowest BCUT2D eigenvalue weighted by molar-refractivity contribution is 0.0955. The lowest BCUT2D eigenvalue weighted by Crippen LogP contribution is -2.17. The van der Waals surface area contributed by atoms with Crippen molar-refractivity contribution in [3.05, 3.63) is 91.5 Å². The molecule has 3 aromatic rings. The van der Waals surface area contributed by atoms with E-state index in [-0.39, 0.29) is 12.5 Å². The lowest BCUT2D eigenvalue weighted by atomic mass is 10.1. The van der Waals surface area contributed by atoms with E-state index in [1.807, 2.05) is 25.1 Å². The Bertz CT molecular complexity index is 1170. The number of hydrogen-bond donors (Lipinski definition) is 1. The van der Waals surface area contributed by atoms with Crippen LogP contribution in [0.3, 0.4) is 0 Å². The van der Waals surface area contributed by atoms with Crippen molar-refractivity contribution in [2.45, 2.75) is 13.5 Å². The number of carbonyl (C=O) groups is 1. The van der Waals surface area contributed by atoms with E-state index in [0.717, 1.165) is 9.13 Å². The summed E-state index contributed by atoms with van der Waals surface area (Å²) in [6.07, 6.45) is 1.49. The van der Waals surface area contributed by atoms with E-state index in [9.17, 15) is 4.79 Å². The summed E-state index contributed by atoms with van der Waals surface area (Å²) in [6.45, 7) is 2.51. The molecule has 0 atom stereocenters. The molecule has 0 aliphatic carbocycles. The van der Waals surface area contributed by atoms with E-state index in [2.05, 4.69) is 39.2 Å². The number of benzene rings is 3. The fraction of sp³-hybridized carbons (Fsp3) is 0.125. The molecule has 0 fully saturated rings. The second-order valence-electron chi connectivity index (χ2n) is 6.57. The summed E-state index contributed by atoms with van der Waals surface area (Å²) in [7, 11) is 0. The fourth-order valence-electron chi connectivity index (χ4n) is 2.78. The Balaban J connectivity index is 1.72. The third-order valence-electron chi connectivity index (χ3n) is 4.26. The number of halogens is 2. The summed E-state index contributed by atoms with van der Waals surface area (Å²) in [5.41, 5.74) is 5.05. The smallest absolute Gasteiger partial charge is 0.271 e. The summed E-state index contributed by atoms with van der Waals surface area (Å²) in [5.74, 6) is 0.547. The van der Waals surface area contributed by atoms with Crippen LogP contribution in [0.25, 0.3) is 0 Å². The van der Waals surface area contributed by atoms with E-state index in [0.29, 0.717) is 39.8 Å². The van der Waals surface area contributed by atoms with E-state index in [1.54, 1.807) is 42.5 Å². The van der Waals surface area contributed by atoms with Crippen molar-refractivity contribution in [2.75, 3.05) is 6.61 Å². The summed E-state index contributed by atoms with van der Waals surface area (Å²) >= 11 is 8.62. The predicted molar refractivity (Wildman–Crippen MR) is 132 cm³/mol. The van der Waals surface area contributed by atoms with Gasteiger partial charge in [0, 0.05) is 9.13 Å². The van der Waals surface area contributed by atoms with Crippen molar-refractivity contribution in [1.82, 2.24) is 5.43 Å². The summed E-state index contributed by atoms with van der Waals surface area (Å²) < 4.78 is 12.6. The Morgan fingerprint density at radius 2 is 1.97 bits per heavy atom. The van der Waals surface area contributed by atoms with E-state index in [4.69, 9.17) is 26.3 Å². The van der Waals surface area contributed by atoms with Gasteiger partial charge in [-0.1, -0.05) is 23.7 Å². The van der Waals surface area contributed by atoms with Crippen LogP contribution in [0.2, 0.25) is 5.02 Å². The maximum atomic E-state index is 12.2. The van der Waals surface area contributed by atoms with Crippen LogP contribution >= 0.6 is 34.2 Å². The number of carbonyl (C=O) groups excluding carboxylic acids is 1. The number of nitrogens with zero attached hydrogens (tertiary/aromatic N) is 2. The molecule has 3 aromatic carbocycles. The molecular weight excluding hydrogens is 541 g/mol. The van der Waals surface area contributed by atoms with Gasteiger partial charge in [0.05, 0.1) is 29.5 Å². The molecule has 0 unspecified atom stereocenters. The molecule has 0 saturated heterocycles. The third-order valence-corrected chi connectivity index (χ3v) is 5.26. The number of amides is 1. The molecule has 0 bridgehead atoms. The van der Waals surface area contributed by atoms with Crippen LogP contribution in [0.5, 0.6) is 11.5 Å². The first kappa shape index (κ1) is 23.6. The first-order valence-electron chi connectivity index (χ1n) is 9.67. The average Bonchev–Trinajstić information content (AvgIpc) is 2.79. The number of ether oxygens (including phenoxy) is 2. The number of nitriles is 1. The van der Waals surface area contributed by atoms with Crippen molar-refractivity contribution in [3.63, 3.8) is 0 Å². The first-order chi connectivity index (χ1) is 15.5. The Kier molecular flexibility index (Phi) is 8.48. The van der Waals surface area contributed by atoms with Crippen molar-refractivity contribution >= 4 is 46.3 Å². The number of nitrogens with one attached hydrogen (secondary N) is 1. The molecule has 32 heavy (non-hydrogen) atoms. The van der Waals surface area contributed by atoms with Gasteiger partial charge in [0.1, 0.15) is 6.61 Å². The molecule has 0 radical (unpaired) electrons. The van der Waals surface area contributed by atoms with Crippen LogP contribution in [-0.2, 0) is 6.61 Å². The molecule has 0 spiro atoms. The number of hydrogen-bond acceptors (Lipinski definition) is 5. The molecule has 0 aromatic heterocycles. The third kappa shape index (κ3) is 6.45. The van der Waals surface area contributed by atoms with Crippen molar-refractivity contribution in [1.29, 1.82) is 5.26 Å². The fourth-order valence-corrected chi connectivity index (χ4v) is 3.42. The van der Waals surface area contributed by atoms with Crippen LogP contribution < -0.4 is 14.9 Å². The maximum Gasteiger partial charge on any atom is 0.271 e. The highest BCUT2D eigenvalue weighted by molar-refractivity contribution is 14.1. The van der Waals surface area contributed by atoms with Gasteiger partial charge in [-0.05, 0) is 89.2 Å². The summed E-state index contributed by atoms with van der Waals surface area (Å²) in [6, 6.07) is 19.8. The minimum absolute atomic E-state index is 0.231. The zero-order chi connectivity index (χ0) is 22.9. The molecule has 0 aliphatic heterocycles. The minimum Gasteiger partial charge on any atom is -0.490 e. The van der Waals surface area contributed by atoms with Gasteiger partial charge in [0.25, 0.3) is 5.91 Å². The Labute approximate surface area is 204 Å². The van der Waals surface area contributed by atoms with Gasteiger partial charge >= 0.3 is 0 Å². The standard InChI is InChI=1S/C24H19ClIN3O3/c1-2-31-22-12-18(14-28-29-24(30)19-6-8-20(26)9-7-19)11-21(25)23(22)32-15-17-5-3-4-16(10-17)13-27/h3-12,14H,2,15H2,1H3,(H,29,30)/b28-14-. The first-order valence-corrected chi connectivity index (χ1v) is 11.1. The second-order valence-corrected chi connectivity index (χ2v) is 8.22. The van der Waals surface area contributed by atoms with Gasteiger partial charge in [-0.15, -0.1) is 0 Å². The highest BCUT2D eigenvalue weighted by atomic mass is 127. The Morgan fingerprint density at radius 3 is 2.69 bits per heavy atom. The van der Waals surface area contributed by atoms with Crippen LogP contribution in [-0.4, -0.2) is 18.7 Å². The van der Waals surface area contributed by atoms with Crippen LogP contribution in [0.15, 0.2) is 65.8 Å². The highest BCUT2D eigenvalue weighted by Crippen LogP contribution is 2.37. The van der Waals surface area contributed by atoms with Crippen LogP contribution in [0, 0.1) is 14.9 Å². The van der Waals surface area contributed by atoms with Crippen molar-refractivity contribution in [2.24, 2.45) is 5.10 Å². The lowest BCUT2D eigenvalue weighted by Gasteiger charge is -2.14. The molecule has 3 rings (SSSR count). The molecule has 0 aliphatic rings. The predicted octanol–water partition coefficient (Wildman–Crippen LogP) is 5.56. The van der Waals surface area contributed by atoms with Gasteiger partial charge < -0.3 is 9.47 Å². The minimum atomic E-state index is -0.312. The van der Waals surface area contributed by atoms with Crippen LogP contribution in [0.4, 0.5) is 0 Å². The Morgan fingerprint density at radius 1 is 1.19 bits per heavy atom. The molecule has 6 nitrogen and oxygen atoms in total. The molecule has 162 valence electrons. The van der Waals surface area contributed by atoms with Crippen molar-refractivity contribution < 1.29 is 14.3 Å². The van der Waals surface area contributed by atoms with E-state index >= 15 is 0 Å². The van der Waals surface area contributed by atoms with Gasteiger partial charge in [0.15, 0.2) is 11.5 Å². The Hall–Kier alpha value is -3.09. The maximum absolute atomic E-state index is 12.2. The largest absolute Gasteiger partial charge is 0.490 e. The zero-order valence-corrected chi connectivity index (χ0v) is 20.1. The second kappa shape index (κ2) is 11.5. The molecule has 8 heteroatoms. The normalized spacial score (nSPS) is 10.6. The summed E-state index contributed by atoms with van der Waals surface area (Å²) in [4.78, 5) is 12.2. The zero-order valence-electron chi connectivity index (χ0n) is 17.1. The number of hydrazone groups is 1. The molecule has 1 amide bonds. The summed E-state index contributed by atoms with van der Waals surface area (Å²) in [5, 5.41) is 13.4. The number of rotatable bonds is 8. The highest BCUT2D eigenvalue weighted by Gasteiger charge is 2.13. The van der Waals surface area contributed by atoms with E-state index in [1.165, 1.54) is 6.21 Å². The molecule has 1 N–H and O–H groups in total. The average molecular weight is 560 g/mol. The van der Waals surface area contributed by atoms with Crippen LogP contribution in [0.1, 0.15) is 34.0 Å². The molecule has 0 saturated carbocycles. The quantitative estimate of drug-likeness (QED) is 0.223. The van der Waals surface area contributed by atoms with Gasteiger partial charge in [-0.25, -0.2) is 5.43 Å². The van der Waals surface area contributed by atoms with Crippen molar-refractivity contribution in [3.8, 4) is 17.6 Å². The topological polar surface area (TPSA) is 83.7 Å². The van der Waals surface area contributed by atoms with Gasteiger partial charge in [-0.3, -0.25) is 4.79 Å². The molecular formula is C24H19ClIN3O3. The van der Waals surface area contributed by atoms with E-state index < -0.39 is 0 Å². The SMILES string of the molecule is CCOc1cc(/C=N\NC(=O)c2ccc(I)cc2)cc(Cl)c1OCc1cccc(C#N)c1. The molecule has 0 heterocycles. The van der Waals surface area contributed by atoms with Gasteiger partial charge in [0.2, 0.25) is 0 Å². The van der Waals surface area contributed by atoms with Gasteiger partial charge in [-0.2, -0.15) is 10.4 Å².